The van der Waals surface area contributed by atoms with E-state index >= 15 is 0 Å². The van der Waals surface area contributed by atoms with Gasteiger partial charge in [-0.25, -0.2) is 23.4 Å². The van der Waals surface area contributed by atoms with Crippen LogP contribution in [0, 0.1) is 0 Å². The van der Waals surface area contributed by atoms with Crippen molar-refractivity contribution in [3.63, 3.8) is 0 Å². The number of halogens is 5. The van der Waals surface area contributed by atoms with Gasteiger partial charge in [-0.3, -0.25) is 0 Å². The molecule has 5 nitrogen and oxygen atoms in total. The van der Waals surface area contributed by atoms with Crippen LogP contribution in [0.4, 0.5) is 22.0 Å². The Hall–Kier alpha value is -2.26. The lowest BCUT2D eigenvalue weighted by molar-refractivity contribution is -0.142. The first-order valence-corrected chi connectivity index (χ1v) is 6.38. The molecule has 0 saturated carbocycles. The van der Waals surface area contributed by atoms with Crippen LogP contribution >= 0.6 is 0 Å². The van der Waals surface area contributed by atoms with Crippen LogP contribution in [0.25, 0.3) is 0 Å². The first kappa shape index (κ1) is 18.8. The smallest absolute Gasteiger partial charge is 0.434 e. The van der Waals surface area contributed by atoms with Crippen LogP contribution in [-0.4, -0.2) is 28.6 Å². The Labute approximate surface area is 127 Å². The van der Waals surface area contributed by atoms with Crippen molar-refractivity contribution in [1.82, 2.24) is 4.98 Å². The lowest BCUT2D eigenvalue weighted by Gasteiger charge is -2.19. The molecule has 0 unspecified atom stereocenters. The molecule has 0 aliphatic heterocycles. The summed E-state index contributed by atoms with van der Waals surface area (Å²) in [7, 11) is 0. The van der Waals surface area contributed by atoms with Crippen LogP contribution in [0.15, 0.2) is 0 Å². The Morgan fingerprint density at radius 3 is 2.13 bits per heavy atom. The highest BCUT2D eigenvalue weighted by atomic mass is 19.4. The molecule has 23 heavy (non-hydrogen) atoms. The number of aromatic nitrogens is 1. The van der Waals surface area contributed by atoms with E-state index in [4.69, 9.17) is 5.11 Å². The molecule has 1 rings (SSSR count). The number of alkyl halides is 5. The second-order valence-electron chi connectivity index (χ2n) is 4.25. The standard InChI is InChI=1S/C13H12F5NO4/c1-3-5-6(11(20)21)8(10(14)15)19-9(13(16,17)18)7(5)12(22)23-4-2/h10H,3-4H2,1-2H3,(H,20,21). The van der Waals surface area contributed by atoms with Gasteiger partial charge in [-0.1, -0.05) is 6.92 Å². The number of aromatic carboxylic acids is 1. The molecule has 0 atom stereocenters. The average molecular weight is 341 g/mol. The van der Waals surface area contributed by atoms with Crippen molar-refractivity contribution in [2.24, 2.45) is 0 Å². The molecule has 1 heterocycles. The van der Waals surface area contributed by atoms with E-state index in [0.717, 1.165) is 0 Å². The van der Waals surface area contributed by atoms with Gasteiger partial charge in [0.25, 0.3) is 6.43 Å². The fourth-order valence-corrected chi connectivity index (χ4v) is 2.03. The summed E-state index contributed by atoms with van der Waals surface area (Å²) < 4.78 is 69.6. The van der Waals surface area contributed by atoms with Gasteiger partial charge in [0.15, 0.2) is 5.69 Å². The fourth-order valence-electron chi connectivity index (χ4n) is 2.03. The minimum Gasteiger partial charge on any atom is -0.478 e. The maximum Gasteiger partial charge on any atom is 0.434 e. The van der Waals surface area contributed by atoms with E-state index in [0.29, 0.717) is 0 Å². The molecule has 0 aliphatic rings. The molecule has 0 fully saturated rings. The third kappa shape index (κ3) is 3.74. The van der Waals surface area contributed by atoms with Gasteiger partial charge in [-0.2, -0.15) is 13.2 Å². The van der Waals surface area contributed by atoms with Crippen molar-refractivity contribution >= 4 is 11.9 Å². The van der Waals surface area contributed by atoms with Crippen molar-refractivity contribution in [1.29, 1.82) is 0 Å². The molecule has 0 amide bonds. The molecular formula is C13H12F5NO4. The van der Waals surface area contributed by atoms with Crippen molar-refractivity contribution < 1.29 is 41.4 Å². The number of ether oxygens (including phenoxy) is 1. The summed E-state index contributed by atoms with van der Waals surface area (Å²) in [6, 6.07) is 0. The number of pyridine rings is 1. The maximum atomic E-state index is 13.1. The molecule has 0 saturated heterocycles. The SMILES string of the molecule is CCOC(=O)c1c(C(F)(F)F)nc(C(F)F)c(C(=O)O)c1CC. The Morgan fingerprint density at radius 1 is 1.22 bits per heavy atom. The van der Waals surface area contributed by atoms with E-state index in [1.165, 1.54) is 13.8 Å². The summed E-state index contributed by atoms with van der Waals surface area (Å²) in [4.78, 5) is 25.7. The zero-order valence-electron chi connectivity index (χ0n) is 12.0. The van der Waals surface area contributed by atoms with Crippen LogP contribution in [0.5, 0.6) is 0 Å². The third-order valence-corrected chi connectivity index (χ3v) is 2.85. The van der Waals surface area contributed by atoms with Gasteiger partial charge in [0.1, 0.15) is 5.69 Å². The minimum absolute atomic E-state index is 0.279. The van der Waals surface area contributed by atoms with Gasteiger partial charge in [-0.05, 0) is 18.9 Å². The number of carbonyl (C=O) groups excluding carboxylic acids is 1. The number of carboxylic acids is 1. The van der Waals surface area contributed by atoms with Gasteiger partial charge >= 0.3 is 18.1 Å². The predicted molar refractivity (Wildman–Crippen MR) is 66.5 cm³/mol. The van der Waals surface area contributed by atoms with Crippen LogP contribution in [0.2, 0.25) is 0 Å². The highest BCUT2D eigenvalue weighted by molar-refractivity contribution is 5.99. The van der Waals surface area contributed by atoms with Crippen molar-refractivity contribution in [2.75, 3.05) is 6.61 Å². The van der Waals surface area contributed by atoms with Gasteiger partial charge in [-0.15, -0.1) is 0 Å². The van der Waals surface area contributed by atoms with E-state index in [1.54, 1.807) is 0 Å². The molecule has 0 spiro atoms. The molecule has 128 valence electrons. The zero-order chi connectivity index (χ0) is 17.9. The fraction of sp³-hybridized carbons (Fsp3) is 0.462. The van der Waals surface area contributed by atoms with Crippen molar-refractivity contribution in [3.05, 3.63) is 28.1 Å². The highest BCUT2D eigenvalue weighted by Crippen LogP contribution is 2.37. The van der Waals surface area contributed by atoms with Crippen LogP contribution < -0.4 is 0 Å². The van der Waals surface area contributed by atoms with E-state index in [1.807, 2.05) is 0 Å². The summed E-state index contributed by atoms with van der Waals surface area (Å²) in [5.41, 5.74) is -6.36. The molecule has 1 aromatic rings. The highest BCUT2D eigenvalue weighted by Gasteiger charge is 2.42. The van der Waals surface area contributed by atoms with Gasteiger partial charge < -0.3 is 9.84 Å². The Bertz CT molecular complexity index is 628. The summed E-state index contributed by atoms with van der Waals surface area (Å²) in [6.07, 6.45) is -9.18. The van der Waals surface area contributed by atoms with Crippen molar-refractivity contribution in [2.45, 2.75) is 32.9 Å². The molecule has 1 N–H and O–H groups in total. The van der Waals surface area contributed by atoms with Crippen molar-refractivity contribution in [3.8, 4) is 0 Å². The zero-order valence-corrected chi connectivity index (χ0v) is 12.0. The lowest BCUT2D eigenvalue weighted by atomic mass is 9.95. The number of carboxylic acid groups (broad SMARTS) is 1. The van der Waals surface area contributed by atoms with Crippen LogP contribution in [-0.2, 0) is 17.3 Å². The summed E-state index contributed by atoms with van der Waals surface area (Å²) in [5, 5.41) is 9.05. The second-order valence-corrected chi connectivity index (χ2v) is 4.25. The molecule has 10 heteroatoms. The predicted octanol–water partition coefficient (Wildman–Crippen LogP) is 3.48. The number of hydrogen-bond donors (Lipinski definition) is 1. The topological polar surface area (TPSA) is 76.5 Å². The Morgan fingerprint density at radius 2 is 1.78 bits per heavy atom. The van der Waals surface area contributed by atoms with Crippen LogP contribution in [0.3, 0.4) is 0 Å². The molecule has 0 aromatic carbocycles. The summed E-state index contributed by atoms with van der Waals surface area (Å²) >= 11 is 0. The molecule has 0 radical (unpaired) electrons. The van der Waals surface area contributed by atoms with Gasteiger partial charge in [0.05, 0.1) is 17.7 Å². The largest absolute Gasteiger partial charge is 0.478 e. The number of nitrogens with zero attached hydrogens (tertiary/aromatic N) is 1. The normalized spacial score (nSPS) is 11.7. The Balaban J connectivity index is 3.93. The quantitative estimate of drug-likeness (QED) is 0.655. The monoisotopic (exact) mass is 341 g/mol. The average Bonchev–Trinajstić information content (AvgIpc) is 2.43. The molecule has 0 aliphatic carbocycles. The number of esters is 1. The Kier molecular flexibility index (Phi) is 5.62. The number of hydrogen-bond acceptors (Lipinski definition) is 4. The van der Waals surface area contributed by atoms with E-state index in [9.17, 15) is 31.5 Å². The number of carbonyl (C=O) groups is 2. The lowest BCUT2D eigenvalue weighted by Crippen LogP contribution is -2.24. The molecule has 0 bridgehead atoms. The van der Waals surface area contributed by atoms with Gasteiger partial charge in [0.2, 0.25) is 0 Å². The maximum absolute atomic E-state index is 13.1. The second kappa shape index (κ2) is 6.88. The minimum atomic E-state index is -5.23. The van der Waals surface area contributed by atoms with Crippen LogP contribution in [0.1, 0.15) is 57.9 Å². The molecule has 1 aromatic heterocycles. The van der Waals surface area contributed by atoms with Gasteiger partial charge in [0, 0.05) is 0 Å². The number of rotatable bonds is 5. The first-order valence-electron chi connectivity index (χ1n) is 6.38. The van der Waals surface area contributed by atoms with E-state index < -0.39 is 59.0 Å². The summed E-state index contributed by atoms with van der Waals surface area (Å²) in [5.74, 6) is -3.36. The summed E-state index contributed by atoms with van der Waals surface area (Å²) in [6.45, 7) is 2.29. The first-order chi connectivity index (χ1) is 10.6. The van der Waals surface area contributed by atoms with E-state index in [2.05, 4.69) is 9.72 Å². The third-order valence-electron chi connectivity index (χ3n) is 2.85. The molecular weight excluding hydrogens is 329 g/mol. The van der Waals surface area contributed by atoms with E-state index in [-0.39, 0.29) is 6.61 Å².